The van der Waals surface area contributed by atoms with Gasteiger partial charge in [0.15, 0.2) is 0 Å². The zero-order chi connectivity index (χ0) is 15.4. The molecule has 1 unspecified atom stereocenters. The molecule has 0 spiro atoms. The number of aromatic nitrogens is 3. The molecule has 0 radical (unpaired) electrons. The summed E-state index contributed by atoms with van der Waals surface area (Å²) in [5.41, 5.74) is 0.138. The maximum absolute atomic E-state index is 12.1. The number of thioether (sulfide) groups is 1. The van der Waals surface area contributed by atoms with Crippen molar-refractivity contribution in [2.24, 2.45) is 0 Å². The normalized spacial score (nSPS) is 11.9. The van der Waals surface area contributed by atoms with E-state index in [0.717, 1.165) is 22.6 Å². The smallest absolute Gasteiger partial charge is 0.291 e. The maximum Gasteiger partial charge on any atom is 0.291 e. The lowest BCUT2D eigenvalue weighted by molar-refractivity contribution is -0.115. The van der Waals surface area contributed by atoms with Gasteiger partial charge in [-0.3, -0.25) is 9.59 Å². The minimum absolute atomic E-state index is 0.168. The third kappa shape index (κ3) is 3.96. The fourth-order valence-corrected chi connectivity index (χ4v) is 2.31. The van der Waals surface area contributed by atoms with E-state index in [2.05, 4.69) is 15.5 Å². The molecule has 0 bridgehead atoms. The van der Waals surface area contributed by atoms with Crippen LogP contribution in [-0.2, 0) is 4.79 Å². The van der Waals surface area contributed by atoms with Gasteiger partial charge in [0.2, 0.25) is 11.1 Å². The van der Waals surface area contributed by atoms with Gasteiger partial charge >= 0.3 is 0 Å². The number of anilines is 1. The Morgan fingerprint density at radius 1 is 1.43 bits per heavy atom. The summed E-state index contributed by atoms with van der Waals surface area (Å²) < 4.78 is 0.851. The molecule has 1 aromatic heterocycles. The maximum atomic E-state index is 12.1. The van der Waals surface area contributed by atoms with E-state index in [4.69, 9.17) is 17.4 Å². The zero-order valence-corrected chi connectivity index (χ0v) is 12.6. The highest BCUT2D eigenvalue weighted by atomic mass is 35.5. The monoisotopic (exact) mass is 325 g/mol. The Morgan fingerprint density at radius 2 is 2.10 bits per heavy atom. The van der Waals surface area contributed by atoms with Crippen LogP contribution in [0.1, 0.15) is 6.92 Å². The molecule has 0 aliphatic carbocycles. The molecule has 0 saturated heterocycles. The summed E-state index contributed by atoms with van der Waals surface area (Å²) in [6, 6.07) is 6.74. The molecular formula is C12H12ClN5O2S. The Labute approximate surface area is 129 Å². The molecule has 0 aliphatic heterocycles. The topological polar surface area (TPSA) is 103 Å². The van der Waals surface area contributed by atoms with Crippen LogP contribution in [-0.4, -0.2) is 26.0 Å². The fraction of sp³-hybridized carbons (Fsp3) is 0.167. The molecule has 2 rings (SSSR count). The van der Waals surface area contributed by atoms with Crippen LogP contribution < -0.4 is 16.7 Å². The number of nitrogens with two attached hydrogens (primary N) is 1. The van der Waals surface area contributed by atoms with Crippen molar-refractivity contribution in [1.82, 2.24) is 14.9 Å². The van der Waals surface area contributed by atoms with Gasteiger partial charge in [-0.15, -0.1) is 5.10 Å². The zero-order valence-electron chi connectivity index (χ0n) is 11.0. The molecule has 0 aliphatic rings. The van der Waals surface area contributed by atoms with Crippen molar-refractivity contribution in [3.8, 4) is 0 Å². The van der Waals surface area contributed by atoms with E-state index < -0.39 is 10.8 Å². The molecule has 1 atom stereocenters. The second-order valence-electron chi connectivity index (χ2n) is 4.09. The summed E-state index contributed by atoms with van der Waals surface area (Å²) in [5, 5.41) is 10.2. The van der Waals surface area contributed by atoms with Crippen LogP contribution in [0.15, 0.2) is 40.4 Å². The van der Waals surface area contributed by atoms with Crippen LogP contribution in [0, 0.1) is 0 Å². The van der Waals surface area contributed by atoms with Gasteiger partial charge in [-0.2, -0.15) is 9.77 Å². The van der Waals surface area contributed by atoms with Crippen molar-refractivity contribution in [3.05, 3.63) is 45.8 Å². The average molecular weight is 326 g/mol. The van der Waals surface area contributed by atoms with Crippen LogP contribution >= 0.6 is 23.4 Å². The van der Waals surface area contributed by atoms with Gasteiger partial charge < -0.3 is 11.2 Å². The predicted octanol–water partition coefficient (Wildman–Crippen LogP) is 1.12. The van der Waals surface area contributed by atoms with Crippen LogP contribution in [0.25, 0.3) is 0 Å². The first-order chi connectivity index (χ1) is 9.97. The highest BCUT2D eigenvalue weighted by Crippen LogP contribution is 2.20. The molecule has 110 valence electrons. The molecule has 2 aromatic rings. The Morgan fingerprint density at radius 3 is 2.76 bits per heavy atom. The SMILES string of the molecule is CC(Sc1nncc(=O)n1N)C(=O)Nc1ccc(Cl)cc1. The lowest BCUT2D eigenvalue weighted by Crippen LogP contribution is -2.31. The third-order valence-corrected chi connectivity index (χ3v) is 3.83. The Hall–Kier alpha value is -2.06. The van der Waals surface area contributed by atoms with Crippen molar-refractivity contribution in [2.75, 3.05) is 11.2 Å². The quantitative estimate of drug-likeness (QED) is 0.645. The van der Waals surface area contributed by atoms with Gasteiger partial charge in [0.25, 0.3) is 5.56 Å². The molecule has 0 fully saturated rings. The predicted molar refractivity (Wildman–Crippen MR) is 81.8 cm³/mol. The number of nitrogen functional groups attached to an aromatic ring is 1. The van der Waals surface area contributed by atoms with E-state index >= 15 is 0 Å². The van der Waals surface area contributed by atoms with Crippen molar-refractivity contribution in [2.45, 2.75) is 17.3 Å². The van der Waals surface area contributed by atoms with Crippen molar-refractivity contribution >= 4 is 35.0 Å². The minimum atomic E-state index is -0.508. The van der Waals surface area contributed by atoms with E-state index in [0.29, 0.717) is 10.7 Å². The lowest BCUT2D eigenvalue weighted by atomic mass is 10.3. The van der Waals surface area contributed by atoms with Crippen LogP contribution in [0.2, 0.25) is 5.02 Å². The number of nitrogens with zero attached hydrogens (tertiary/aromatic N) is 3. The molecule has 1 heterocycles. The van der Waals surface area contributed by atoms with Crippen LogP contribution in [0.4, 0.5) is 5.69 Å². The van der Waals surface area contributed by atoms with E-state index in [1.165, 1.54) is 0 Å². The molecule has 7 nitrogen and oxygen atoms in total. The van der Waals surface area contributed by atoms with E-state index in [1.54, 1.807) is 31.2 Å². The summed E-state index contributed by atoms with van der Waals surface area (Å²) in [6.07, 6.45) is 1.00. The van der Waals surface area contributed by atoms with Crippen LogP contribution in [0.3, 0.4) is 0 Å². The van der Waals surface area contributed by atoms with Crippen molar-refractivity contribution < 1.29 is 4.79 Å². The number of carbonyl (C=O) groups is 1. The first-order valence-electron chi connectivity index (χ1n) is 5.90. The second kappa shape index (κ2) is 6.59. The van der Waals surface area contributed by atoms with E-state index in [-0.39, 0.29) is 11.1 Å². The summed E-state index contributed by atoms with van der Waals surface area (Å²) >= 11 is 6.81. The molecular weight excluding hydrogens is 314 g/mol. The van der Waals surface area contributed by atoms with E-state index in [1.807, 2.05) is 0 Å². The van der Waals surface area contributed by atoms with Gasteiger partial charge in [-0.25, -0.2) is 0 Å². The Kier molecular flexibility index (Phi) is 4.81. The highest BCUT2D eigenvalue weighted by molar-refractivity contribution is 8.00. The molecule has 3 N–H and O–H groups in total. The van der Waals surface area contributed by atoms with E-state index in [9.17, 15) is 9.59 Å². The lowest BCUT2D eigenvalue weighted by Gasteiger charge is -2.12. The first kappa shape index (κ1) is 15.3. The van der Waals surface area contributed by atoms with Crippen molar-refractivity contribution in [3.63, 3.8) is 0 Å². The third-order valence-electron chi connectivity index (χ3n) is 2.52. The molecule has 0 saturated carbocycles. The highest BCUT2D eigenvalue weighted by Gasteiger charge is 2.17. The van der Waals surface area contributed by atoms with Gasteiger partial charge in [-0.05, 0) is 31.2 Å². The van der Waals surface area contributed by atoms with Crippen LogP contribution in [0.5, 0.6) is 0 Å². The number of benzene rings is 1. The number of hydrogen-bond donors (Lipinski definition) is 2. The average Bonchev–Trinajstić information content (AvgIpc) is 2.46. The summed E-state index contributed by atoms with van der Waals surface area (Å²) in [4.78, 5) is 23.4. The minimum Gasteiger partial charge on any atom is -0.334 e. The summed E-state index contributed by atoms with van der Waals surface area (Å²) in [5.74, 6) is 5.29. The van der Waals surface area contributed by atoms with Crippen molar-refractivity contribution in [1.29, 1.82) is 0 Å². The Balaban J connectivity index is 2.04. The first-order valence-corrected chi connectivity index (χ1v) is 7.16. The Bertz CT molecular complexity index is 704. The largest absolute Gasteiger partial charge is 0.334 e. The van der Waals surface area contributed by atoms with Gasteiger partial charge in [0.1, 0.15) is 6.20 Å². The molecule has 21 heavy (non-hydrogen) atoms. The molecule has 1 amide bonds. The standard InChI is InChI=1S/C12H12ClN5O2S/c1-7(21-12-17-15-6-10(19)18(12)14)11(20)16-9-4-2-8(13)3-5-9/h2-7H,14H2,1H3,(H,16,20). The van der Waals surface area contributed by atoms with Gasteiger partial charge in [-0.1, -0.05) is 23.4 Å². The fourth-order valence-electron chi connectivity index (χ4n) is 1.40. The number of carbonyl (C=O) groups excluding carboxylic acids is 1. The number of hydrogen-bond acceptors (Lipinski definition) is 6. The number of nitrogens with one attached hydrogen (secondary N) is 1. The van der Waals surface area contributed by atoms with Gasteiger partial charge in [0.05, 0.1) is 5.25 Å². The number of amides is 1. The molecule has 1 aromatic carbocycles. The second-order valence-corrected chi connectivity index (χ2v) is 5.84. The number of halogens is 1. The molecule has 9 heteroatoms. The summed E-state index contributed by atoms with van der Waals surface area (Å²) in [6.45, 7) is 1.68. The summed E-state index contributed by atoms with van der Waals surface area (Å²) in [7, 11) is 0. The number of rotatable bonds is 4. The van der Waals surface area contributed by atoms with Gasteiger partial charge in [0, 0.05) is 10.7 Å².